The van der Waals surface area contributed by atoms with Crippen molar-refractivity contribution in [1.82, 2.24) is 10.0 Å². The van der Waals surface area contributed by atoms with Crippen molar-refractivity contribution in [2.75, 3.05) is 19.6 Å². The highest BCUT2D eigenvalue weighted by atomic mass is 32.2. The number of benzene rings is 1. The van der Waals surface area contributed by atoms with Gasteiger partial charge in [-0.05, 0) is 62.4 Å². The van der Waals surface area contributed by atoms with Crippen LogP contribution >= 0.6 is 0 Å². The van der Waals surface area contributed by atoms with Crippen LogP contribution in [0.3, 0.4) is 0 Å². The van der Waals surface area contributed by atoms with E-state index in [4.69, 9.17) is 0 Å². The van der Waals surface area contributed by atoms with Gasteiger partial charge >= 0.3 is 0 Å². The topological polar surface area (TPSA) is 58.2 Å². The van der Waals surface area contributed by atoms with Crippen molar-refractivity contribution in [3.05, 3.63) is 29.3 Å². The number of nitrogens with one attached hydrogen (secondary N) is 2. The average Bonchev–Trinajstić information content (AvgIpc) is 2.40. The van der Waals surface area contributed by atoms with E-state index < -0.39 is 10.0 Å². The quantitative estimate of drug-likeness (QED) is 0.891. The maximum Gasteiger partial charge on any atom is 0.240 e. The van der Waals surface area contributed by atoms with Crippen LogP contribution in [0.4, 0.5) is 0 Å². The molecule has 1 fully saturated rings. The maximum absolute atomic E-state index is 12.4. The fourth-order valence-electron chi connectivity index (χ4n) is 2.66. The van der Waals surface area contributed by atoms with E-state index in [-0.39, 0.29) is 0 Å². The van der Waals surface area contributed by atoms with Gasteiger partial charge < -0.3 is 5.32 Å². The number of aryl methyl sites for hydroxylation is 2. The molecule has 2 rings (SSSR count). The molecule has 0 aromatic heterocycles. The van der Waals surface area contributed by atoms with Crippen LogP contribution in [0.5, 0.6) is 0 Å². The second-order valence-electron chi connectivity index (χ2n) is 5.85. The minimum Gasteiger partial charge on any atom is -0.316 e. The Morgan fingerprint density at radius 1 is 1.35 bits per heavy atom. The molecule has 4 nitrogen and oxygen atoms in total. The van der Waals surface area contributed by atoms with Crippen molar-refractivity contribution in [3.8, 4) is 0 Å². The van der Waals surface area contributed by atoms with E-state index in [1.807, 2.05) is 26.0 Å². The van der Waals surface area contributed by atoms with Gasteiger partial charge in [0.25, 0.3) is 0 Å². The zero-order chi connectivity index (χ0) is 14.8. The SMILES string of the molecule is Cc1ccc(C)c(S(=O)(=O)NCC2CCNCC2C)c1. The fraction of sp³-hybridized carbons (Fsp3) is 0.600. The van der Waals surface area contributed by atoms with Crippen molar-refractivity contribution in [2.24, 2.45) is 11.8 Å². The van der Waals surface area contributed by atoms with Crippen molar-refractivity contribution in [2.45, 2.75) is 32.1 Å². The highest BCUT2D eigenvalue weighted by Crippen LogP contribution is 2.20. The van der Waals surface area contributed by atoms with E-state index in [9.17, 15) is 8.42 Å². The summed E-state index contributed by atoms with van der Waals surface area (Å²) in [5.41, 5.74) is 1.76. The second kappa shape index (κ2) is 6.24. The molecule has 5 heteroatoms. The van der Waals surface area contributed by atoms with Gasteiger partial charge in [-0.2, -0.15) is 0 Å². The third kappa shape index (κ3) is 3.59. The van der Waals surface area contributed by atoms with Gasteiger partial charge in [0.15, 0.2) is 0 Å². The van der Waals surface area contributed by atoms with Crippen molar-refractivity contribution in [1.29, 1.82) is 0 Å². The molecule has 20 heavy (non-hydrogen) atoms. The van der Waals surface area contributed by atoms with Gasteiger partial charge in [0.05, 0.1) is 4.90 Å². The minimum atomic E-state index is -3.41. The summed E-state index contributed by atoms with van der Waals surface area (Å²) in [7, 11) is -3.41. The van der Waals surface area contributed by atoms with Crippen LogP contribution in [-0.4, -0.2) is 28.1 Å². The molecule has 0 aliphatic carbocycles. The van der Waals surface area contributed by atoms with Crippen molar-refractivity contribution >= 4 is 10.0 Å². The molecule has 1 saturated heterocycles. The number of sulfonamides is 1. The van der Waals surface area contributed by atoms with Crippen LogP contribution in [0, 0.1) is 25.7 Å². The molecule has 0 saturated carbocycles. The predicted molar refractivity (Wildman–Crippen MR) is 81.2 cm³/mol. The summed E-state index contributed by atoms with van der Waals surface area (Å²) in [6.07, 6.45) is 1.02. The molecule has 2 N–H and O–H groups in total. The molecule has 0 spiro atoms. The molecule has 0 amide bonds. The smallest absolute Gasteiger partial charge is 0.240 e. The van der Waals surface area contributed by atoms with Crippen LogP contribution in [0.25, 0.3) is 0 Å². The van der Waals surface area contributed by atoms with Gasteiger partial charge in [0, 0.05) is 6.54 Å². The van der Waals surface area contributed by atoms with Crippen LogP contribution in [0.2, 0.25) is 0 Å². The first-order valence-corrected chi connectivity index (χ1v) is 8.66. The highest BCUT2D eigenvalue weighted by Gasteiger charge is 2.24. The van der Waals surface area contributed by atoms with E-state index in [0.29, 0.717) is 23.3 Å². The van der Waals surface area contributed by atoms with Crippen LogP contribution in [0.15, 0.2) is 23.1 Å². The molecule has 1 aliphatic rings. The van der Waals surface area contributed by atoms with Gasteiger partial charge in [0.1, 0.15) is 0 Å². The molecule has 1 heterocycles. The molecular weight excluding hydrogens is 272 g/mol. The molecule has 0 bridgehead atoms. The first kappa shape index (κ1) is 15.5. The van der Waals surface area contributed by atoms with Crippen molar-refractivity contribution < 1.29 is 8.42 Å². The predicted octanol–water partition coefficient (Wildman–Crippen LogP) is 1.83. The zero-order valence-corrected chi connectivity index (χ0v) is 13.3. The Labute approximate surface area is 122 Å². The molecule has 112 valence electrons. The lowest BCUT2D eigenvalue weighted by Crippen LogP contribution is -2.41. The largest absolute Gasteiger partial charge is 0.316 e. The zero-order valence-electron chi connectivity index (χ0n) is 12.4. The number of hydrogen-bond acceptors (Lipinski definition) is 3. The van der Waals surface area contributed by atoms with Gasteiger partial charge in [-0.25, -0.2) is 13.1 Å². The Hall–Kier alpha value is -0.910. The standard InChI is InChI=1S/C15H24N2O2S/c1-11-4-5-12(2)15(8-11)20(18,19)17-10-14-6-7-16-9-13(14)3/h4-5,8,13-14,16-17H,6-7,9-10H2,1-3H3. The van der Waals surface area contributed by atoms with Crippen LogP contribution < -0.4 is 10.0 Å². The Kier molecular flexibility index (Phi) is 4.83. The summed E-state index contributed by atoms with van der Waals surface area (Å²) < 4.78 is 27.6. The lowest BCUT2D eigenvalue weighted by atomic mass is 9.88. The molecule has 1 aliphatic heterocycles. The van der Waals surface area contributed by atoms with Crippen molar-refractivity contribution in [3.63, 3.8) is 0 Å². The Balaban J connectivity index is 2.09. The summed E-state index contributed by atoms with van der Waals surface area (Å²) in [5.74, 6) is 0.918. The Bertz CT molecular complexity index is 569. The Morgan fingerprint density at radius 3 is 2.80 bits per heavy atom. The first-order chi connectivity index (χ1) is 9.40. The summed E-state index contributed by atoms with van der Waals surface area (Å²) in [4.78, 5) is 0.402. The second-order valence-corrected chi connectivity index (χ2v) is 7.59. The number of hydrogen-bond donors (Lipinski definition) is 2. The average molecular weight is 296 g/mol. The third-order valence-corrected chi connectivity index (χ3v) is 5.70. The maximum atomic E-state index is 12.4. The minimum absolute atomic E-state index is 0.402. The summed E-state index contributed by atoms with van der Waals surface area (Å²) in [6, 6.07) is 5.53. The van der Waals surface area contributed by atoms with Gasteiger partial charge in [-0.1, -0.05) is 19.1 Å². The molecule has 2 atom stereocenters. The highest BCUT2D eigenvalue weighted by molar-refractivity contribution is 7.89. The molecule has 0 radical (unpaired) electrons. The van der Waals surface area contributed by atoms with E-state index in [0.717, 1.165) is 30.6 Å². The van der Waals surface area contributed by atoms with E-state index in [1.165, 1.54) is 0 Å². The third-order valence-electron chi connectivity index (χ3n) is 4.13. The molecule has 1 aromatic carbocycles. The summed E-state index contributed by atoms with van der Waals surface area (Å²) in [5, 5.41) is 3.33. The monoisotopic (exact) mass is 296 g/mol. The lowest BCUT2D eigenvalue weighted by Gasteiger charge is -2.29. The summed E-state index contributed by atoms with van der Waals surface area (Å²) in [6.45, 7) is 8.38. The normalized spacial score (nSPS) is 23.8. The van der Waals surface area contributed by atoms with E-state index in [2.05, 4.69) is 17.0 Å². The number of piperidine rings is 1. The van der Waals surface area contributed by atoms with Gasteiger partial charge in [-0.15, -0.1) is 0 Å². The number of rotatable bonds is 4. The summed E-state index contributed by atoms with van der Waals surface area (Å²) >= 11 is 0. The molecule has 1 aromatic rings. The van der Waals surface area contributed by atoms with Crippen LogP contribution in [-0.2, 0) is 10.0 Å². The first-order valence-electron chi connectivity index (χ1n) is 7.18. The van der Waals surface area contributed by atoms with E-state index >= 15 is 0 Å². The van der Waals surface area contributed by atoms with Gasteiger partial charge in [-0.3, -0.25) is 0 Å². The lowest BCUT2D eigenvalue weighted by molar-refractivity contribution is 0.274. The van der Waals surface area contributed by atoms with E-state index in [1.54, 1.807) is 6.07 Å². The molecular formula is C15H24N2O2S. The van der Waals surface area contributed by atoms with Gasteiger partial charge in [0.2, 0.25) is 10.0 Å². The fourth-order valence-corrected chi connectivity index (χ4v) is 4.08. The molecule has 2 unspecified atom stereocenters. The van der Waals surface area contributed by atoms with Crippen LogP contribution in [0.1, 0.15) is 24.5 Å². The Morgan fingerprint density at radius 2 is 2.10 bits per heavy atom.